The van der Waals surface area contributed by atoms with Gasteiger partial charge in [-0.15, -0.1) is 11.3 Å². The Bertz CT molecular complexity index is 893. The van der Waals surface area contributed by atoms with Gasteiger partial charge in [-0.05, 0) is 41.8 Å². The Morgan fingerprint density at radius 2 is 1.85 bits per heavy atom. The predicted molar refractivity (Wildman–Crippen MR) is 101 cm³/mol. The summed E-state index contributed by atoms with van der Waals surface area (Å²) in [5, 5.41) is 1.76. The van der Waals surface area contributed by atoms with E-state index < -0.39 is 16.1 Å². The minimum atomic E-state index is -3.61. The average Bonchev–Trinajstić information content (AvgIpc) is 3.23. The Kier molecular flexibility index (Phi) is 4.86. The maximum Gasteiger partial charge on any atom is 0.253 e. The Morgan fingerprint density at radius 1 is 1.04 bits per heavy atom. The summed E-state index contributed by atoms with van der Waals surface area (Å²) < 4.78 is 27.8. The lowest BCUT2D eigenvalue weighted by molar-refractivity contribution is -0.137. The first-order valence-corrected chi connectivity index (χ1v) is 11.3. The fourth-order valence-corrected chi connectivity index (χ4v) is 6.63. The zero-order chi connectivity index (χ0) is 18.1. The van der Waals surface area contributed by atoms with Crippen molar-refractivity contribution in [2.24, 2.45) is 0 Å². The van der Waals surface area contributed by atoms with Gasteiger partial charge >= 0.3 is 0 Å². The molecule has 3 heterocycles. The van der Waals surface area contributed by atoms with Gasteiger partial charge < -0.3 is 4.90 Å². The van der Waals surface area contributed by atoms with Crippen molar-refractivity contribution in [3.63, 3.8) is 0 Å². The van der Waals surface area contributed by atoms with Crippen molar-refractivity contribution < 1.29 is 13.2 Å². The van der Waals surface area contributed by atoms with Crippen LogP contribution >= 0.6 is 11.3 Å². The van der Waals surface area contributed by atoms with E-state index >= 15 is 0 Å². The number of sulfonamides is 1. The van der Waals surface area contributed by atoms with E-state index in [1.165, 1.54) is 21.2 Å². The summed E-state index contributed by atoms with van der Waals surface area (Å²) in [6, 6.07) is 10.9. The van der Waals surface area contributed by atoms with Gasteiger partial charge in [0, 0.05) is 19.6 Å². The lowest BCUT2D eigenvalue weighted by atomic mass is 9.98. The molecule has 0 N–H and O–H groups in total. The van der Waals surface area contributed by atoms with Gasteiger partial charge in [0.1, 0.15) is 10.3 Å². The molecular formula is C19H22N2O3S2. The highest BCUT2D eigenvalue weighted by molar-refractivity contribution is 7.91. The summed E-state index contributed by atoms with van der Waals surface area (Å²) in [5.41, 5.74) is 2.44. The number of hydrogen-bond donors (Lipinski definition) is 0. The van der Waals surface area contributed by atoms with Crippen LogP contribution in [-0.2, 0) is 27.8 Å². The van der Waals surface area contributed by atoms with E-state index in [-0.39, 0.29) is 5.91 Å². The smallest absolute Gasteiger partial charge is 0.253 e. The molecule has 2 aliphatic heterocycles. The Balaban J connectivity index is 1.58. The predicted octanol–water partition coefficient (Wildman–Crippen LogP) is 2.88. The summed E-state index contributed by atoms with van der Waals surface area (Å²) in [7, 11) is -3.61. The first-order valence-electron chi connectivity index (χ1n) is 8.98. The van der Waals surface area contributed by atoms with Crippen LogP contribution in [0.15, 0.2) is 46.0 Å². The molecular weight excluding hydrogens is 368 g/mol. The molecule has 26 heavy (non-hydrogen) atoms. The van der Waals surface area contributed by atoms with Crippen LogP contribution in [0.1, 0.15) is 30.4 Å². The number of carbonyl (C=O) groups excluding carboxylic acids is 1. The highest BCUT2D eigenvalue weighted by Crippen LogP contribution is 2.30. The van der Waals surface area contributed by atoms with Crippen molar-refractivity contribution in [1.29, 1.82) is 0 Å². The molecule has 0 bridgehead atoms. The standard InChI is InChI=1S/C19H22N2O3S2/c22-19(20-12-10-15-6-1-2-7-16(15)14-20)17-8-3-4-11-21(17)26(23,24)18-9-5-13-25-18/h1-2,5-7,9,13,17H,3-4,8,10-12,14H2/t17-/m0/s1. The number of amides is 1. The van der Waals surface area contributed by atoms with Crippen molar-refractivity contribution in [2.45, 2.75) is 42.5 Å². The Hall–Kier alpha value is -1.70. The number of carbonyl (C=O) groups is 1. The molecule has 1 saturated heterocycles. The minimum absolute atomic E-state index is 0.0562. The monoisotopic (exact) mass is 390 g/mol. The van der Waals surface area contributed by atoms with Gasteiger partial charge in [0.25, 0.3) is 10.0 Å². The van der Waals surface area contributed by atoms with Gasteiger partial charge in [0.2, 0.25) is 5.91 Å². The number of piperidine rings is 1. The fourth-order valence-electron chi connectivity index (χ4n) is 3.86. The molecule has 0 radical (unpaired) electrons. The summed E-state index contributed by atoms with van der Waals surface area (Å²) in [6.07, 6.45) is 3.11. The Morgan fingerprint density at radius 3 is 2.62 bits per heavy atom. The number of rotatable bonds is 3. The molecule has 2 aliphatic rings. The topological polar surface area (TPSA) is 57.7 Å². The lowest BCUT2D eigenvalue weighted by Crippen LogP contribution is -2.53. The second kappa shape index (κ2) is 7.13. The summed E-state index contributed by atoms with van der Waals surface area (Å²) in [6.45, 7) is 1.64. The van der Waals surface area contributed by atoms with E-state index in [0.717, 1.165) is 24.8 Å². The van der Waals surface area contributed by atoms with Crippen LogP contribution in [0.5, 0.6) is 0 Å². The first kappa shape index (κ1) is 17.7. The quantitative estimate of drug-likeness (QED) is 0.810. The summed E-state index contributed by atoms with van der Waals surface area (Å²) in [4.78, 5) is 15.0. The third-order valence-electron chi connectivity index (χ3n) is 5.24. The van der Waals surface area contributed by atoms with Crippen LogP contribution in [0.4, 0.5) is 0 Å². The van der Waals surface area contributed by atoms with E-state index in [1.807, 2.05) is 17.0 Å². The molecule has 5 nitrogen and oxygen atoms in total. The largest absolute Gasteiger partial charge is 0.337 e. The van der Waals surface area contributed by atoms with E-state index in [0.29, 0.717) is 30.3 Å². The normalized spacial score (nSPS) is 21.4. The van der Waals surface area contributed by atoms with Crippen molar-refractivity contribution in [2.75, 3.05) is 13.1 Å². The van der Waals surface area contributed by atoms with E-state index in [2.05, 4.69) is 12.1 Å². The third kappa shape index (κ3) is 3.19. The molecule has 1 fully saturated rings. The number of hydrogen-bond acceptors (Lipinski definition) is 4. The van der Waals surface area contributed by atoms with Gasteiger partial charge in [0.05, 0.1) is 0 Å². The molecule has 0 saturated carbocycles. The maximum absolute atomic E-state index is 13.2. The fraction of sp³-hybridized carbons (Fsp3) is 0.421. The third-order valence-corrected chi connectivity index (χ3v) is 8.52. The molecule has 4 rings (SSSR count). The van der Waals surface area contributed by atoms with Gasteiger partial charge in [0.15, 0.2) is 0 Å². The minimum Gasteiger partial charge on any atom is -0.337 e. The SMILES string of the molecule is O=C([C@@H]1CCCCN1S(=O)(=O)c1cccs1)N1CCc2ccccc2C1. The maximum atomic E-state index is 13.2. The highest BCUT2D eigenvalue weighted by atomic mass is 32.2. The van der Waals surface area contributed by atoms with Crippen LogP contribution in [0.3, 0.4) is 0 Å². The second-order valence-electron chi connectivity index (χ2n) is 6.84. The van der Waals surface area contributed by atoms with Crippen molar-refractivity contribution >= 4 is 27.3 Å². The van der Waals surface area contributed by atoms with Crippen molar-refractivity contribution in [1.82, 2.24) is 9.21 Å². The molecule has 1 aromatic carbocycles. The van der Waals surface area contributed by atoms with Gasteiger partial charge in [-0.2, -0.15) is 4.31 Å². The molecule has 1 amide bonds. The van der Waals surface area contributed by atoms with E-state index in [9.17, 15) is 13.2 Å². The Labute approximate surface area is 158 Å². The lowest BCUT2D eigenvalue weighted by Gasteiger charge is -2.38. The molecule has 0 unspecified atom stereocenters. The van der Waals surface area contributed by atoms with E-state index in [1.54, 1.807) is 17.5 Å². The molecule has 138 valence electrons. The average molecular weight is 391 g/mol. The number of fused-ring (bicyclic) bond motifs is 1. The van der Waals surface area contributed by atoms with Gasteiger partial charge in [-0.1, -0.05) is 36.8 Å². The van der Waals surface area contributed by atoms with Crippen molar-refractivity contribution in [3.05, 3.63) is 52.9 Å². The zero-order valence-corrected chi connectivity index (χ0v) is 16.1. The molecule has 1 aromatic heterocycles. The van der Waals surface area contributed by atoms with Crippen LogP contribution in [0, 0.1) is 0 Å². The summed E-state index contributed by atoms with van der Waals surface area (Å²) >= 11 is 1.21. The van der Waals surface area contributed by atoms with Gasteiger partial charge in [-0.3, -0.25) is 4.79 Å². The zero-order valence-electron chi connectivity index (χ0n) is 14.5. The number of nitrogens with zero attached hydrogens (tertiary/aromatic N) is 2. The van der Waals surface area contributed by atoms with E-state index in [4.69, 9.17) is 0 Å². The van der Waals surface area contributed by atoms with Crippen LogP contribution < -0.4 is 0 Å². The van der Waals surface area contributed by atoms with Crippen LogP contribution in [0.25, 0.3) is 0 Å². The van der Waals surface area contributed by atoms with Crippen LogP contribution in [-0.4, -0.2) is 42.7 Å². The second-order valence-corrected chi connectivity index (χ2v) is 9.90. The first-order chi connectivity index (χ1) is 12.6. The van der Waals surface area contributed by atoms with Gasteiger partial charge in [-0.25, -0.2) is 8.42 Å². The van der Waals surface area contributed by atoms with Crippen LogP contribution in [0.2, 0.25) is 0 Å². The van der Waals surface area contributed by atoms with Crippen molar-refractivity contribution in [3.8, 4) is 0 Å². The highest BCUT2D eigenvalue weighted by Gasteiger charge is 2.40. The molecule has 1 atom stereocenters. The number of thiophene rings is 1. The number of benzene rings is 1. The molecule has 0 aliphatic carbocycles. The molecule has 0 spiro atoms. The summed E-state index contributed by atoms with van der Waals surface area (Å²) in [5.74, 6) is -0.0562. The molecule has 2 aromatic rings. The molecule has 7 heteroatoms.